The summed E-state index contributed by atoms with van der Waals surface area (Å²) in [5, 5.41) is 4.03. The molecule has 2 N–H and O–H groups in total. The van der Waals surface area contributed by atoms with Crippen LogP contribution in [0.5, 0.6) is 0 Å². The lowest BCUT2D eigenvalue weighted by atomic mass is 10.2. The second-order valence-electron chi connectivity index (χ2n) is 7.09. The van der Waals surface area contributed by atoms with Crippen LogP contribution < -0.4 is 5.73 Å². The van der Waals surface area contributed by atoms with Crippen molar-refractivity contribution in [3.05, 3.63) is 71.1 Å². The Morgan fingerprint density at radius 2 is 1.94 bits per heavy atom. The second-order valence-corrected chi connectivity index (χ2v) is 9.11. The molecule has 0 radical (unpaired) electrons. The Morgan fingerprint density at radius 1 is 1.19 bits per heavy atom. The van der Waals surface area contributed by atoms with Crippen molar-refractivity contribution in [3.8, 4) is 0 Å². The van der Waals surface area contributed by atoms with Gasteiger partial charge in [0.2, 0.25) is 11.9 Å². The van der Waals surface area contributed by atoms with Crippen LogP contribution in [0, 0.1) is 6.92 Å². The van der Waals surface area contributed by atoms with Crippen molar-refractivity contribution in [1.82, 2.24) is 14.7 Å². The lowest BCUT2D eigenvalue weighted by molar-refractivity contribution is 0.100. The van der Waals surface area contributed by atoms with Crippen molar-refractivity contribution >= 4 is 38.9 Å². The third-order valence-corrected chi connectivity index (χ3v) is 5.78. The maximum atomic E-state index is 11.6. The number of benzene rings is 2. The third kappa shape index (κ3) is 4.38. The Kier molecular flexibility index (Phi) is 5.15. The normalized spacial score (nSPS) is 12.1. The first-order valence-electron chi connectivity index (χ1n) is 9.27. The van der Waals surface area contributed by atoms with Crippen molar-refractivity contribution in [2.24, 2.45) is 10.7 Å². The summed E-state index contributed by atoms with van der Waals surface area (Å²) >= 11 is 0. The van der Waals surface area contributed by atoms with Crippen LogP contribution in [0.4, 0.5) is 5.95 Å². The van der Waals surface area contributed by atoms with Crippen molar-refractivity contribution < 1.29 is 17.7 Å². The Labute approximate surface area is 178 Å². The van der Waals surface area contributed by atoms with E-state index >= 15 is 0 Å². The van der Waals surface area contributed by atoms with Gasteiger partial charge in [-0.2, -0.15) is 0 Å². The number of amides is 1. The van der Waals surface area contributed by atoms with Gasteiger partial charge in [-0.3, -0.25) is 4.79 Å². The van der Waals surface area contributed by atoms with Crippen LogP contribution >= 0.6 is 0 Å². The molecule has 0 saturated carbocycles. The smallest absolute Gasteiger partial charge is 0.248 e. The number of nitrogens with zero attached hydrogens (tertiary/aromatic N) is 4. The average molecular weight is 437 g/mol. The van der Waals surface area contributed by atoms with E-state index in [1.165, 1.54) is 12.1 Å². The van der Waals surface area contributed by atoms with E-state index in [1.807, 2.05) is 10.6 Å². The van der Waals surface area contributed by atoms with E-state index in [9.17, 15) is 13.2 Å². The SMILES string of the molecule is Cc1cc(Cn2c(/N=C/c3ccc(S(C)(=O)=O)cc3)nc3cc(C(N)=O)ccc32)no1. The molecule has 0 fully saturated rings. The van der Waals surface area contributed by atoms with Crippen LogP contribution in [0.15, 0.2) is 62.9 Å². The number of hydrogen-bond acceptors (Lipinski definition) is 7. The van der Waals surface area contributed by atoms with Crippen LogP contribution in [0.25, 0.3) is 11.0 Å². The molecule has 2 heterocycles. The average Bonchev–Trinajstić information content (AvgIpc) is 3.29. The minimum Gasteiger partial charge on any atom is -0.366 e. The van der Waals surface area contributed by atoms with Gasteiger partial charge in [0.25, 0.3) is 0 Å². The van der Waals surface area contributed by atoms with Gasteiger partial charge in [0.15, 0.2) is 9.84 Å². The molecule has 0 spiro atoms. The molecule has 2 aromatic carbocycles. The van der Waals surface area contributed by atoms with Gasteiger partial charge >= 0.3 is 0 Å². The zero-order valence-electron chi connectivity index (χ0n) is 16.8. The number of primary amides is 1. The number of hydrogen-bond donors (Lipinski definition) is 1. The number of carbonyl (C=O) groups is 1. The molecule has 0 aliphatic carbocycles. The molecular weight excluding hydrogens is 418 g/mol. The van der Waals surface area contributed by atoms with Crippen molar-refractivity contribution in [2.45, 2.75) is 18.4 Å². The summed E-state index contributed by atoms with van der Waals surface area (Å²) in [6, 6.07) is 13.2. The predicted molar refractivity (Wildman–Crippen MR) is 115 cm³/mol. The highest BCUT2D eigenvalue weighted by Gasteiger charge is 2.14. The van der Waals surface area contributed by atoms with E-state index in [2.05, 4.69) is 15.1 Å². The number of sulfone groups is 1. The summed E-state index contributed by atoms with van der Waals surface area (Å²) < 4.78 is 30.2. The maximum Gasteiger partial charge on any atom is 0.248 e. The van der Waals surface area contributed by atoms with Crippen LogP contribution in [0.2, 0.25) is 0 Å². The number of aromatic nitrogens is 3. The van der Waals surface area contributed by atoms with Gasteiger partial charge < -0.3 is 14.8 Å². The highest BCUT2D eigenvalue weighted by molar-refractivity contribution is 7.90. The molecule has 0 saturated heterocycles. The molecule has 0 unspecified atom stereocenters. The van der Waals surface area contributed by atoms with Gasteiger partial charge in [-0.05, 0) is 42.8 Å². The number of aliphatic imine (C=N–C) groups is 1. The highest BCUT2D eigenvalue weighted by atomic mass is 32.2. The quantitative estimate of drug-likeness (QED) is 0.461. The molecule has 1 amide bonds. The van der Waals surface area contributed by atoms with Gasteiger partial charge in [-0.25, -0.2) is 18.4 Å². The fourth-order valence-electron chi connectivity index (χ4n) is 3.11. The van der Waals surface area contributed by atoms with E-state index in [1.54, 1.807) is 43.5 Å². The predicted octanol–water partition coefficient (Wildman–Crippen LogP) is 2.63. The maximum absolute atomic E-state index is 11.6. The molecule has 4 rings (SSSR count). The Balaban J connectivity index is 1.75. The summed E-state index contributed by atoms with van der Waals surface area (Å²) in [5.41, 5.74) is 8.46. The molecular formula is C21H19N5O4S. The molecule has 4 aromatic rings. The van der Waals surface area contributed by atoms with E-state index in [0.717, 1.165) is 11.8 Å². The molecule has 9 nitrogen and oxygen atoms in total. The summed E-state index contributed by atoms with van der Waals surface area (Å²) in [5.74, 6) is 0.538. The lowest BCUT2D eigenvalue weighted by Crippen LogP contribution is -2.10. The monoisotopic (exact) mass is 437 g/mol. The van der Waals surface area contributed by atoms with Gasteiger partial charge in [0, 0.05) is 24.1 Å². The second kappa shape index (κ2) is 7.80. The number of fused-ring (bicyclic) bond motifs is 1. The number of carbonyl (C=O) groups excluding carboxylic acids is 1. The Morgan fingerprint density at radius 3 is 2.55 bits per heavy atom. The summed E-state index contributed by atoms with van der Waals surface area (Å²) in [6.07, 6.45) is 2.75. The van der Waals surface area contributed by atoms with E-state index < -0.39 is 15.7 Å². The molecule has 0 bridgehead atoms. The summed E-state index contributed by atoms with van der Waals surface area (Å²) in [4.78, 5) is 20.8. The van der Waals surface area contributed by atoms with Crippen molar-refractivity contribution in [1.29, 1.82) is 0 Å². The van der Waals surface area contributed by atoms with E-state index in [4.69, 9.17) is 10.3 Å². The molecule has 0 aliphatic rings. The fraction of sp³-hybridized carbons (Fsp3) is 0.143. The summed E-state index contributed by atoms with van der Waals surface area (Å²) in [7, 11) is -3.27. The van der Waals surface area contributed by atoms with E-state index in [0.29, 0.717) is 40.6 Å². The number of aryl methyl sites for hydroxylation is 1. The van der Waals surface area contributed by atoms with E-state index in [-0.39, 0.29) is 4.90 Å². The highest BCUT2D eigenvalue weighted by Crippen LogP contribution is 2.24. The molecule has 31 heavy (non-hydrogen) atoms. The first-order chi connectivity index (χ1) is 14.7. The molecule has 0 aliphatic heterocycles. The Bertz CT molecular complexity index is 1420. The zero-order chi connectivity index (χ0) is 22.2. The number of imidazole rings is 1. The van der Waals surface area contributed by atoms with Gasteiger partial charge in [-0.15, -0.1) is 0 Å². The standard InChI is InChI=1S/C21H19N5O4S/c1-13-9-16(25-30-13)12-26-19-8-5-15(20(22)27)10-18(19)24-21(26)23-11-14-3-6-17(7-4-14)31(2,28)29/h3-11H,12H2,1-2H3,(H2,22,27)/b23-11+. The van der Waals surface area contributed by atoms with Crippen LogP contribution in [0.1, 0.15) is 27.4 Å². The zero-order valence-corrected chi connectivity index (χ0v) is 17.6. The largest absolute Gasteiger partial charge is 0.366 e. The first kappa shape index (κ1) is 20.5. The minimum atomic E-state index is -3.27. The van der Waals surface area contributed by atoms with Crippen molar-refractivity contribution in [3.63, 3.8) is 0 Å². The molecule has 158 valence electrons. The molecule has 0 atom stereocenters. The third-order valence-electron chi connectivity index (χ3n) is 4.65. The van der Waals surface area contributed by atoms with Crippen molar-refractivity contribution in [2.75, 3.05) is 6.26 Å². The lowest BCUT2D eigenvalue weighted by Gasteiger charge is -2.04. The van der Waals surface area contributed by atoms with Gasteiger partial charge in [0.05, 0.1) is 22.5 Å². The first-order valence-corrected chi connectivity index (χ1v) is 11.2. The molecule has 2 aromatic heterocycles. The Hall–Kier alpha value is -3.79. The number of rotatable bonds is 6. The van der Waals surface area contributed by atoms with Gasteiger partial charge in [0.1, 0.15) is 11.5 Å². The molecule has 10 heteroatoms. The van der Waals surface area contributed by atoms with Crippen LogP contribution in [-0.2, 0) is 16.4 Å². The fourth-order valence-corrected chi connectivity index (χ4v) is 3.74. The summed E-state index contributed by atoms with van der Waals surface area (Å²) in [6.45, 7) is 2.17. The van der Waals surface area contributed by atoms with Gasteiger partial charge in [-0.1, -0.05) is 17.3 Å². The van der Waals surface area contributed by atoms with Crippen LogP contribution in [-0.4, -0.2) is 41.5 Å². The minimum absolute atomic E-state index is 0.234. The topological polar surface area (TPSA) is 133 Å². The van der Waals surface area contributed by atoms with Crippen LogP contribution in [0.3, 0.4) is 0 Å². The number of nitrogens with two attached hydrogens (primary N) is 1.